The summed E-state index contributed by atoms with van der Waals surface area (Å²) in [4.78, 5) is 6.65. The van der Waals surface area contributed by atoms with E-state index < -0.39 is 0 Å². The quantitative estimate of drug-likeness (QED) is 0.825. The second-order valence-electron chi connectivity index (χ2n) is 4.46. The van der Waals surface area contributed by atoms with Crippen molar-refractivity contribution >= 4 is 0 Å². The summed E-state index contributed by atoms with van der Waals surface area (Å²) in [7, 11) is 3.26. The maximum atomic E-state index is 5.65. The highest BCUT2D eigenvalue weighted by Gasteiger charge is 2.21. The monoisotopic (exact) mass is 267 g/mol. The number of aromatic nitrogens is 1. The van der Waals surface area contributed by atoms with Crippen LogP contribution in [0, 0.1) is 0 Å². The molecular weight excluding hydrogens is 246 g/mol. The van der Waals surface area contributed by atoms with E-state index in [0.29, 0.717) is 31.2 Å². The largest absolute Gasteiger partial charge is 0.493 e. The number of nitrogens with zero attached hydrogens (tertiary/aromatic N) is 2. The maximum Gasteiger partial charge on any atom is 0.183 e. The van der Waals surface area contributed by atoms with E-state index in [1.807, 2.05) is 0 Å². The number of hydrogen-bond donors (Lipinski definition) is 1. The van der Waals surface area contributed by atoms with E-state index in [1.54, 1.807) is 26.5 Å². The van der Waals surface area contributed by atoms with Crippen molar-refractivity contribution in [1.82, 2.24) is 9.88 Å². The lowest BCUT2D eigenvalue weighted by atomic mass is 10.2. The Balaban J connectivity index is 2.10. The first-order chi connectivity index (χ1) is 9.28. The molecule has 1 aromatic rings. The van der Waals surface area contributed by atoms with Crippen LogP contribution in [-0.4, -0.2) is 56.4 Å². The molecule has 6 nitrogen and oxygen atoms in total. The van der Waals surface area contributed by atoms with Gasteiger partial charge in [-0.1, -0.05) is 0 Å². The van der Waals surface area contributed by atoms with Crippen molar-refractivity contribution in [3.8, 4) is 11.5 Å². The lowest BCUT2D eigenvalue weighted by molar-refractivity contribution is -0.0266. The van der Waals surface area contributed by atoms with Crippen molar-refractivity contribution in [2.75, 3.05) is 40.5 Å². The van der Waals surface area contributed by atoms with Crippen molar-refractivity contribution in [2.45, 2.75) is 12.6 Å². The summed E-state index contributed by atoms with van der Waals surface area (Å²) < 4.78 is 16.2. The van der Waals surface area contributed by atoms with Gasteiger partial charge in [-0.15, -0.1) is 0 Å². The smallest absolute Gasteiger partial charge is 0.183 e. The molecule has 6 heteroatoms. The first-order valence-corrected chi connectivity index (χ1v) is 6.38. The highest BCUT2D eigenvalue weighted by Crippen LogP contribution is 2.29. The molecule has 0 aromatic carbocycles. The highest BCUT2D eigenvalue weighted by atomic mass is 16.5. The molecule has 1 unspecified atom stereocenters. The summed E-state index contributed by atoms with van der Waals surface area (Å²) >= 11 is 0. The van der Waals surface area contributed by atoms with E-state index in [9.17, 15) is 0 Å². The van der Waals surface area contributed by atoms with Crippen molar-refractivity contribution in [3.05, 3.63) is 18.0 Å². The lowest BCUT2D eigenvalue weighted by Gasteiger charge is -2.32. The molecule has 1 saturated heterocycles. The van der Waals surface area contributed by atoms with Crippen LogP contribution < -0.4 is 15.2 Å². The molecule has 2 N–H and O–H groups in total. The second-order valence-corrected chi connectivity index (χ2v) is 4.46. The molecule has 1 atom stereocenters. The van der Waals surface area contributed by atoms with Crippen LogP contribution in [0.5, 0.6) is 11.5 Å². The molecule has 106 valence electrons. The third-order valence-electron chi connectivity index (χ3n) is 3.23. The summed E-state index contributed by atoms with van der Waals surface area (Å²) in [5, 5.41) is 0. The molecule has 0 radical (unpaired) electrons. The van der Waals surface area contributed by atoms with E-state index in [0.717, 1.165) is 18.8 Å². The van der Waals surface area contributed by atoms with E-state index in [2.05, 4.69) is 9.88 Å². The summed E-state index contributed by atoms with van der Waals surface area (Å²) in [5.41, 5.74) is 6.52. The van der Waals surface area contributed by atoms with Crippen LogP contribution >= 0.6 is 0 Å². The zero-order chi connectivity index (χ0) is 13.7. The average molecular weight is 267 g/mol. The SMILES string of the molecule is COc1ccnc(CN2CCOC(CN)C2)c1OC. The third-order valence-corrected chi connectivity index (χ3v) is 3.23. The summed E-state index contributed by atoms with van der Waals surface area (Å²) in [6.45, 7) is 3.64. The fraction of sp³-hybridized carbons (Fsp3) is 0.615. The van der Waals surface area contributed by atoms with Crippen molar-refractivity contribution in [1.29, 1.82) is 0 Å². The van der Waals surface area contributed by atoms with E-state index in [-0.39, 0.29) is 6.10 Å². The summed E-state index contributed by atoms with van der Waals surface area (Å²) in [6, 6.07) is 1.80. The zero-order valence-electron chi connectivity index (χ0n) is 11.5. The van der Waals surface area contributed by atoms with Gasteiger partial charge in [0.15, 0.2) is 11.5 Å². The molecule has 1 fully saturated rings. The lowest BCUT2D eigenvalue weighted by Crippen LogP contribution is -2.45. The van der Waals surface area contributed by atoms with Gasteiger partial charge < -0.3 is 19.9 Å². The fourth-order valence-electron chi connectivity index (χ4n) is 2.24. The molecule has 1 aliphatic heterocycles. The number of methoxy groups -OCH3 is 2. The van der Waals surface area contributed by atoms with E-state index in [1.165, 1.54) is 0 Å². The Morgan fingerprint density at radius 2 is 2.32 bits per heavy atom. The molecule has 0 spiro atoms. The van der Waals surface area contributed by atoms with Gasteiger partial charge in [0.2, 0.25) is 0 Å². The molecule has 0 saturated carbocycles. The molecule has 1 aromatic heterocycles. The molecule has 0 aliphatic carbocycles. The predicted molar refractivity (Wildman–Crippen MR) is 71.4 cm³/mol. The normalized spacial score (nSPS) is 20.3. The van der Waals surface area contributed by atoms with Gasteiger partial charge in [0.1, 0.15) is 5.69 Å². The Morgan fingerprint density at radius 3 is 3.00 bits per heavy atom. The minimum atomic E-state index is 0.102. The molecule has 2 rings (SSSR count). The predicted octanol–water partition coefficient (Wildman–Crippen LogP) is 0.258. The van der Waals surface area contributed by atoms with Gasteiger partial charge in [0, 0.05) is 38.4 Å². The van der Waals surface area contributed by atoms with Gasteiger partial charge in [0.25, 0.3) is 0 Å². The Morgan fingerprint density at radius 1 is 1.47 bits per heavy atom. The summed E-state index contributed by atoms with van der Waals surface area (Å²) in [6.07, 6.45) is 1.84. The second kappa shape index (κ2) is 6.70. The minimum Gasteiger partial charge on any atom is -0.493 e. The Kier molecular flexibility index (Phi) is 4.95. The Bertz CT molecular complexity index is 414. The van der Waals surface area contributed by atoms with Crippen LogP contribution in [0.4, 0.5) is 0 Å². The topological polar surface area (TPSA) is 69.8 Å². The van der Waals surface area contributed by atoms with Crippen LogP contribution in [0.25, 0.3) is 0 Å². The number of ether oxygens (including phenoxy) is 3. The molecule has 0 amide bonds. The fourth-order valence-corrected chi connectivity index (χ4v) is 2.24. The van der Waals surface area contributed by atoms with Gasteiger partial charge in [-0.05, 0) is 0 Å². The van der Waals surface area contributed by atoms with Crippen molar-refractivity contribution in [3.63, 3.8) is 0 Å². The molecular formula is C13H21N3O3. The Hall–Kier alpha value is -1.37. The van der Waals surface area contributed by atoms with Crippen LogP contribution in [0.2, 0.25) is 0 Å². The number of rotatable bonds is 5. The average Bonchev–Trinajstić information content (AvgIpc) is 2.47. The van der Waals surface area contributed by atoms with Crippen molar-refractivity contribution in [2.24, 2.45) is 5.73 Å². The van der Waals surface area contributed by atoms with E-state index >= 15 is 0 Å². The van der Waals surface area contributed by atoms with Crippen LogP contribution in [0.15, 0.2) is 12.3 Å². The number of morpholine rings is 1. The third kappa shape index (κ3) is 3.34. The molecule has 2 heterocycles. The first kappa shape index (κ1) is 14.0. The molecule has 0 bridgehead atoms. The standard InChI is InChI=1S/C13H21N3O3/c1-17-12-3-4-15-11(13(12)18-2)9-16-5-6-19-10(7-14)8-16/h3-4,10H,5-9,14H2,1-2H3. The van der Waals surface area contributed by atoms with Gasteiger partial charge >= 0.3 is 0 Å². The summed E-state index contributed by atoms with van der Waals surface area (Å²) in [5.74, 6) is 1.40. The maximum absolute atomic E-state index is 5.65. The van der Waals surface area contributed by atoms with Gasteiger partial charge in [-0.2, -0.15) is 0 Å². The molecule has 19 heavy (non-hydrogen) atoms. The van der Waals surface area contributed by atoms with Crippen LogP contribution in [-0.2, 0) is 11.3 Å². The number of pyridine rings is 1. The van der Waals surface area contributed by atoms with Crippen LogP contribution in [0.1, 0.15) is 5.69 Å². The molecule has 1 aliphatic rings. The van der Waals surface area contributed by atoms with Gasteiger partial charge in [-0.25, -0.2) is 0 Å². The van der Waals surface area contributed by atoms with Gasteiger partial charge in [0.05, 0.1) is 26.9 Å². The van der Waals surface area contributed by atoms with E-state index in [4.69, 9.17) is 19.9 Å². The van der Waals surface area contributed by atoms with Gasteiger partial charge in [-0.3, -0.25) is 9.88 Å². The van der Waals surface area contributed by atoms with Crippen LogP contribution in [0.3, 0.4) is 0 Å². The number of nitrogens with two attached hydrogens (primary N) is 1. The Labute approximate surface area is 113 Å². The number of hydrogen-bond acceptors (Lipinski definition) is 6. The first-order valence-electron chi connectivity index (χ1n) is 6.38. The van der Waals surface area contributed by atoms with Crippen molar-refractivity contribution < 1.29 is 14.2 Å². The minimum absolute atomic E-state index is 0.102. The highest BCUT2D eigenvalue weighted by molar-refractivity contribution is 5.42. The zero-order valence-corrected chi connectivity index (χ0v) is 11.5.